The van der Waals surface area contributed by atoms with Crippen molar-refractivity contribution in [3.05, 3.63) is 28.6 Å². The Bertz CT molecular complexity index is 1120. The minimum absolute atomic E-state index is 0.116. The minimum Gasteiger partial charge on any atom is -0.496 e. The number of hydrogen-bond donors (Lipinski definition) is 1. The molecule has 1 N–H and O–H groups in total. The van der Waals surface area contributed by atoms with Gasteiger partial charge in [0, 0.05) is 35.3 Å². The maximum Gasteiger partial charge on any atom is 0.262 e. The first-order valence-electron chi connectivity index (χ1n) is 10.3. The Hall–Kier alpha value is -2.23. The Morgan fingerprint density at radius 2 is 2.06 bits per heavy atom. The van der Waals surface area contributed by atoms with Crippen LogP contribution in [-0.4, -0.2) is 60.2 Å². The van der Waals surface area contributed by atoms with Crippen LogP contribution in [0.4, 0.5) is 13.9 Å². The van der Waals surface area contributed by atoms with Crippen LogP contribution < -0.4 is 14.8 Å². The smallest absolute Gasteiger partial charge is 0.262 e. The molecule has 0 aliphatic carbocycles. The standard InChI is InChI=1S/C22H25ClF2N4O2S/c1-12(2)26-21-28-16(10-32-21)15-7-18(30-4)14-5-6-17(19(23)20(14)27-15)31-9-13-8-22(24,25)11-29(13)3/h5-7,10,12-13H,8-9,11H2,1-4H3,(H,26,28). The zero-order chi connectivity index (χ0) is 23.0. The molecule has 3 heterocycles. The topological polar surface area (TPSA) is 59.5 Å². The summed E-state index contributed by atoms with van der Waals surface area (Å²) < 4.78 is 38.7. The van der Waals surface area contributed by atoms with E-state index < -0.39 is 5.92 Å². The summed E-state index contributed by atoms with van der Waals surface area (Å²) in [5, 5.41) is 7.04. The van der Waals surface area contributed by atoms with E-state index in [2.05, 4.69) is 10.3 Å². The number of benzene rings is 1. The molecule has 4 rings (SSSR count). The molecule has 172 valence electrons. The van der Waals surface area contributed by atoms with Gasteiger partial charge in [0.15, 0.2) is 5.13 Å². The fourth-order valence-corrected chi connectivity index (χ4v) is 4.87. The van der Waals surface area contributed by atoms with Crippen molar-refractivity contribution in [3.8, 4) is 22.9 Å². The number of pyridine rings is 1. The van der Waals surface area contributed by atoms with Gasteiger partial charge >= 0.3 is 0 Å². The Kier molecular flexibility index (Phi) is 6.42. The first-order chi connectivity index (χ1) is 15.2. The van der Waals surface area contributed by atoms with Crippen molar-refractivity contribution in [1.29, 1.82) is 0 Å². The number of rotatable bonds is 7. The molecule has 2 aromatic heterocycles. The average molecular weight is 483 g/mol. The van der Waals surface area contributed by atoms with Gasteiger partial charge in [-0.1, -0.05) is 11.6 Å². The van der Waals surface area contributed by atoms with Crippen molar-refractivity contribution < 1.29 is 18.3 Å². The van der Waals surface area contributed by atoms with E-state index in [1.807, 2.05) is 31.4 Å². The molecule has 1 aliphatic heterocycles. The molecule has 3 aromatic rings. The first kappa shape index (κ1) is 22.9. The normalized spacial score (nSPS) is 18.4. The Balaban J connectivity index is 1.64. The lowest BCUT2D eigenvalue weighted by Crippen LogP contribution is -2.30. The second-order valence-corrected chi connectivity index (χ2v) is 9.50. The Morgan fingerprint density at radius 1 is 1.28 bits per heavy atom. The number of thiazole rings is 1. The number of methoxy groups -OCH3 is 1. The third-order valence-corrected chi connectivity index (χ3v) is 6.45. The number of nitrogens with one attached hydrogen (secondary N) is 1. The lowest BCUT2D eigenvalue weighted by atomic mass is 10.1. The predicted molar refractivity (Wildman–Crippen MR) is 125 cm³/mol. The van der Waals surface area contributed by atoms with E-state index in [0.29, 0.717) is 33.4 Å². The highest BCUT2D eigenvalue weighted by atomic mass is 35.5. The quantitative estimate of drug-likeness (QED) is 0.476. The number of alkyl halides is 2. The molecule has 0 saturated carbocycles. The molecule has 1 atom stereocenters. The number of aromatic nitrogens is 2. The summed E-state index contributed by atoms with van der Waals surface area (Å²) in [6.07, 6.45) is -0.235. The molecule has 1 saturated heterocycles. The van der Waals surface area contributed by atoms with Gasteiger partial charge in [-0.05, 0) is 33.0 Å². The van der Waals surface area contributed by atoms with Gasteiger partial charge in [-0.15, -0.1) is 11.3 Å². The zero-order valence-corrected chi connectivity index (χ0v) is 19.9. The number of fused-ring (bicyclic) bond motifs is 1. The maximum absolute atomic E-state index is 13.7. The van der Waals surface area contributed by atoms with Crippen LogP contribution in [0.1, 0.15) is 20.3 Å². The lowest BCUT2D eigenvalue weighted by Gasteiger charge is -2.19. The van der Waals surface area contributed by atoms with Crippen molar-refractivity contribution in [2.75, 3.05) is 32.6 Å². The van der Waals surface area contributed by atoms with Gasteiger partial charge in [0.05, 0.1) is 24.9 Å². The molecule has 1 aromatic carbocycles. The van der Waals surface area contributed by atoms with E-state index in [1.54, 1.807) is 25.1 Å². The van der Waals surface area contributed by atoms with Crippen molar-refractivity contribution in [3.63, 3.8) is 0 Å². The highest BCUT2D eigenvalue weighted by molar-refractivity contribution is 7.14. The summed E-state index contributed by atoms with van der Waals surface area (Å²) in [6, 6.07) is 5.23. The summed E-state index contributed by atoms with van der Waals surface area (Å²) in [7, 11) is 3.26. The molecule has 1 unspecified atom stereocenters. The number of likely N-dealkylation sites (tertiary alicyclic amines) is 1. The maximum atomic E-state index is 13.7. The minimum atomic E-state index is -2.70. The van der Waals surface area contributed by atoms with Crippen LogP contribution in [-0.2, 0) is 0 Å². The van der Waals surface area contributed by atoms with Crippen LogP contribution in [0.15, 0.2) is 23.6 Å². The second-order valence-electron chi connectivity index (χ2n) is 8.26. The lowest BCUT2D eigenvalue weighted by molar-refractivity contribution is 0.0137. The summed E-state index contributed by atoms with van der Waals surface area (Å²) >= 11 is 8.14. The highest BCUT2D eigenvalue weighted by Crippen LogP contribution is 2.39. The molecule has 0 bridgehead atoms. The van der Waals surface area contributed by atoms with Crippen LogP contribution in [0.5, 0.6) is 11.5 Å². The molecule has 0 spiro atoms. The zero-order valence-electron chi connectivity index (χ0n) is 18.3. The number of hydrogen-bond acceptors (Lipinski definition) is 7. The largest absolute Gasteiger partial charge is 0.496 e. The Morgan fingerprint density at radius 3 is 2.72 bits per heavy atom. The van der Waals surface area contributed by atoms with E-state index in [0.717, 1.165) is 10.5 Å². The van der Waals surface area contributed by atoms with Crippen LogP contribution in [0, 0.1) is 0 Å². The van der Waals surface area contributed by atoms with Gasteiger partial charge < -0.3 is 14.8 Å². The van der Waals surface area contributed by atoms with Crippen molar-refractivity contribution in [2.45, 2.75) is 38.3 Å². The van der Waals surface area contributed by atoms with Crippen molar-refractivity contribution in [2.24, 2.45) is 0 Å². The van der Waals surface area contributed by atoms with Gasteiger partial charge in [0.1, 0.15) is 28.8 Å². The molecular weight excluding hydrogens is 458 g/mol. The van der Waals surface area contributed by atoms with Gasteiger partial charge in [-0.25, -0.2) is 18.7 Å². The van der Waals surface area contributed by atoms with Gasteiger partial charge in [-0.2, -0.15) is 0 Å². The molecule has 32 heavy (non-hydrogen) atoms. The van der Waals surface area contributed by atoms with Crippen LogP contribution in [0.3, 0.4) is 0 Å². The SMILES string of the molecule is COc1cc(-c2csc(NC(C)C)n2)nc2c(Cl)c(OCC3CC(F)(F)CN3C)ccc12. The van der Waals surface area contributed by atoms with Gasteiger partial charge in [0.25, 0.3) is 5.92 Å². The monoisotopic (exact) mass is 482 g/mol. The third-order valence-electron chi connectivity index (χ3n) is 5.31. The van der Waals surface area contributed by atoms with E-state index in [1.165, 1.54) is 11.3 Å². The van der Waals surface area contributed by atoms with E-state index in [-0.39, 0.29) is 31.7 Å². The summed E-state index contributed by atoms with van der Waals surface area (Å²) in [6.45, 7) is 3.94. The number of likely N-dealkylation sites (N-methyl/N-ethyl adjacent to an activating group) is 1. The molecular formula is C22H25ClF2N4O2S. The molecule has 1 fully saturated rings. The average Bonchev–Trinajstić information content (AvgIpc) is 3.29. The third kappa shape index (κ3) is 4.74. The number of nitrogens with zero attached hydrogens (tertiary/aromatic N) is 3. The van der Waals surface area contributed by atoms with Crippen LogP contribution >= 0.6 is 22.9 Å². The van der Waals surface area contributed by atoms with Crippen LogP contribution in [0.25, 0.3) is 22.3 Å². The van der Waals surface area contributed by atoms with Crippen LogP contribution in [0.2, 0.25) is 5.02 Å². The fraction of sp³-hybridized carbons (Fsp3) is 0.455. The van der Waals surface area contributed by atoms with E-state index >= 15 is 0 Å². The van der Waals surface area contributed by atoms with Crippen molar-refractivity contribution >= 4 is 39.0 Å². The molecule has 6 nitrogen and oxygen atoms in total. The Labute approximate surface area is 194 Å². The van der Waals surface area contributed by atoms with Gasteiger partial charge in [0.2, 0.25) is 0 Å². The van der Waals surface area contributed by atoms with Crippen molar-refractivity contribution in [1.82, 2.24) is 14.9 Å². The molecule has 1 aliphatic rings. The predicted octanol–water partition coefficient (Wildman–Crippen LogP) is 5.56. The summed E-state index contributed by atoms with van der Waals surface area (Å²) in [5.41, 5.74) is 1.84. The number of ether oxygens (including phenoxy) is 2. The number of anilines is 1. The fourth-order valence-electron chi connectivity index (χ4n) is 3.76. The first-order valence-corrected chi connectivity index (χ1v) is 11.5. The molecule has 0 radical (unpaired) electrons. The number of halogens is 3. The van der Waals surface area contributed by atoms with E-state index in [4.69, 9.17) is 26.1 Å². The van der Waals surface area contributed by atoms with E-state index in [9.17, 15) is 8.78 Å². The molecule has 10 heteroatoms. The van der Waals surface area contributed by atoms with Gasteiger partial charge in [-0.3, -0.25) is 4.90 Å². The summed E-state index contributed by atoms with van der Waals surface area (Å²) in [4.78, 5) is 10.9. The molecule has 0 amide bonds. The highest BCUT2D eigenvalue weighted by Gasteiger charge is 2.43. The second kappa shape index (κ2) is 8.96. The summed E-state index contributed by atoms with van der Waals surface area (Å²) in [5.74, 6) is -1.69.